The molecule has 0 radical (unpaired) electrons. The third kappa shape index (κ3) is 11.1. The molecule has 0 bridgehead atoms. The Morgan fingerprint density at radius 2 is 1.05 bits per heavy atom. The van der Waals surface area contributed by atoms with E-state index in [1.54, 1.807) is 6.20 Å². The van der Waals surface area contributed by atoms with E-state index in [1.807, 2.05) is 33.2 Å². The van der Waals surface area contributed by atoms with Gasteiger partial charge in [-0.2, -0.15) is 0 Å². The minimum absolute atomic E-state index is 0. The van der Waals surface area contributed by atoms with Gasteiger partial charge in [-0.05, 0) is 64.3 Å². The topological polar surface area (TPSA) is 64.5 Å². The van der Waals surface area contributed by atoms with Gasteiger partial charge in [0.25, 0.3) is 0 Å². The summed E-state index contributed by atoms with van der Waals surface area (Å²) in [6, 6.07) is 2.20. The summed E-state index contributed by atoms with van der Waals surface area (Å²) in [5.41, 5.74) is 9.57. The highest BCUT2D eigenvalue weighted by Gasteiger charge is 2.18. The molecule has 37 heavy (non-hydrogen) atoms. The predicted molar refractivity (Wildman–Crippen MR) is 160 cm³/mol. The highest BCUT2D eigenvalue weighted by Crippen LogP contribution is 2.23. The molecule has 0 saturated heterocycles. The Labute approximate surface area is 228 Å². The Morgan fingerprint density at radius 3 is 1.43 bits per heavy atom. The fourth-order valence-electron chi connectivity index (χ4n) is 2.95. The van der Waals surface area contributed by atoms with Gasteiger partial charge >= 0.3 is 0 Å². The van der Waals surface area contributed by atoms with E-state index in [0.29, 0.717) is 0 Å². The molecule has 0 unspecified atom stereocenters. The third-order valence-electron chi connectivity index (χ3n) is 5.99. The number of hydrogen-bond acceptors (Lipinski definition) is 5. The summed E-state index contributed by atoms with van der Waals surface area (Å²) in [7, 11) is 0. The number of aromatic nitrogens is 5. The van der Waals surface area contributed by atoms with Crippen LogP contribution in [0.2, 0.25) is 0 Å². The lowest BCUT2D eigenvalue weighted by Crippen LogP contribution is -2.16. The maximum absolute atomic E-state index is 4.60. The van der Waals surface area contributed by atoms with Gasteiger partial charge < -0.3 is 0 Å². The van der Waals surface area contributed by atoms with Crippen LogP contribution in [0.3, 0.4) is 0 Å². The van der Waals surface area contributed by atoms with Crippen LogP contribution in [0.15, 0.2) is 24.7 Å². The van der Waals surface area contributed by atoms with Crippen LogP contribution in [0.25, 0.3) is 0 Å². The van der Waals surface area contributed by atoms with Crippen molar-refractivity contribution in [1.82, 2.24) is 24.9 Å². The SMILES string of the molecule is C.Cc1cc(C(C)(C)C)nc(C)c1C.Cc1cnc(C(C)(C)C)cn1.Cc1cnc(C(C)(C)C)nc1C. The van der Waals surface area contributed by atoms with Crippen molar-refractivity contribution in [3.05, 3.63) is 75.6 Å². The van der Waals surface area contributed by atoms with Crippen molar-refractivity contribution < 1.29 is 0 Å². The van der Waals surface area contributed by atoms with E-state index >= 15 is 0 Å². The van der Waals surface area contributed by atoms with Gasteiger partial charge in [0.05, 0.1) is 11.4 Å². The molecular formula is C32H53N5. The van der Waals surface area contributed by atoms with Crippen molar-refractivity contribution in [1.29, 1.82) is 0 Å². The second-order valence-corrected chi connectivity index (χ2v) is 12.8. The van der Waals surface area contributed by atoms with E-state index in [-0.39, 0.29) is 23.7 Å². The Bertz CT molecular complexity index is 1100. The van der Waals surface area contributed by atoms with Crippen molar-refractivity contribution >= 4 is 0 Å². The molecule has 0 aliphatic rings. The van der Waals surface area contributed by atoms with E-state index in [4.69, 9.17) is 0 Å². The minimum Gasteiger partial charge on any atom is -0.258 e. The summed E-state index contributed by atoms with van der Waals surface area (Å²) in [4.78, 5) is 21.8. The lowest BCUT2D eigenvalue weighted by atomic mass is 9.90. The summed E-state index contributed by atoms with van der Waals surface area (Å²) in [5.74, 6) is 0.922. The van der Waals surface area contributed by atoms with Crippen LogP contribution < -0.4 is 0 Å². The van der Waals surface area contributed by atoms with Crippen LogP contribution in [-0.2, 0) is 16.2 Å². The van der Waals surface area contributed by atoms with Crippen molar-refractivity contribution in [2.24, 2.45) is 0 Å². The first-order chi connectivity index (χ1) is 16.2. The van der Waals surface area contributed by atoms with E-state index in [0.717, 1.165) is 34.2 Å². The molecule has 3 heterocycles. The Morgan fingerprint density at radius 1 is 0.514 bits per heavy atom. The zero-order valence-corrected chi connectivity index (χ0v) is 25.5. The lowest BCUT2D eigenvalue weighted by molar-refractivity contribution is 0.542. The maximum Gasteiger partial charge on any atom is 0.133 e. The van der Waals surface area contributed by atoms with Crippen LogP contribution in [0.5, 0.6) is 0 Å². The molecule has 0 amide bonds. The number of pyridine rings is 1. The van der Waals surface area contributed by atoms with Gasteiger partial charge in [-0.25, -0.2) is 9.97 Å². The summed E-state index contributed by atoms with van der Waals surface area (Å²) in [5, 5.41) is 0. The van der Waals surface area contributed by atoms with E-state index in [9.17, 15) is 0 Å². The van der Waals surface area contributed by atoms with Gasteiger partial charge in [0, 0.05) is 51.9 Å². The molecule has 0 aliphatic carbocycles. The second kappa shape index (κ2) is 13.2. The maximum atomic E-state index is 4.60. The molecule has 3 rings (SSSR count). The predicted octanol–water partition coefficient (Wildman–Crippen LogP) is 8.41. The summed E-state index contributed by atoms with van der Waals surface area (Å²) in [6.07, 6.45) is 5.54. The molecule has 5 heteroatoms. The quantitative estimate of drug-likeness (QED) is 0.305. The third-order valence-corrected chi connectivity index (χ3v) is 5.99. The second-order valence-electron chi connectivity index (χ2n) is 12.8. The van der Waals surface area contributed by atoms with Gasteiger partial charge in [-0.15, -0.1) is 0 Å². The molecule has 206 valence electrons. The highest BCUT2D eigenvalue weighted by molar-refractivity contribution is 5.32. The van der Waals surface area contributed by atoms with Crippen LogP contribution >= 0.6 is 0 Å². The van der Waals surface area contributed by atoms with Crippen molar-refractivity contribution in [2.75, 3.05) is 0 Å². The van der Waals surface area contributed by atoms with E-state index in [1.165, 1.54) is 16.8 Å². The van der Waals surface area contributed by atoms with Gasteiger partial charge in [0.1, 0.15) is 5.82 Å². The fraction of sp³-hybridized carbons (Fsp3) is 0.594. The summed E-state index contributed by atoms with van der Waals surface area (Å²) in [6.45, 7) is 31.7. The molecule has 0 aliphatic heterocycles. The molecule has 0 aromatic carbocycles. The average Bonchev–Trinajstić information content (AvgIpc) is 2.73. The van der Waals surface area contributed by atoms with Crippen LogP contribution in [0, 0.1) is 41.5 Å². The number of aryl methyl sites for hydroxylation is 5. The zero-order chi connectivity index (χ0) is 28.1. The zero-order valence-electron chi connectivity index (χ0n) is 25.5. The normalized spacial score (nSPS) is 11.4. The average molecular weight is 508 g/mol. The molecule has 0 atom stereocenters. The van der Waals surface area contributed by atoms with E-state index < -0.39 is 0 Å². The number of hydrogen-bond donors (Lipinski definition) is 0. The van der Waals surface area contributed by atoms with E-state index in [2.05, 4.69) is 114 Å². The van der Waals surface area contributed by atoms with Crippen molar-refractivity contribution in [3.63, 3.8) is 0 Å². The van der Waals surface area contributed by atoms with Gasteiger partial charge in [0.15, 0.2) is 0 Å². The summed E-state index contributed by atoms with van der Waals surface area (Å²) >= 11 is 0. The van der Waals surface area contributed by atoms with Crippen LogP contribution in [0.4, 0.5) is 0 Å². The van der Waals surface area contributed by atoms with Crippen LogP contribution in [0.1, 0.15) is 121 Å². The molecule has 0 saturated carbocycles. The van der Waals surface area contributed by atoms with Gasteiger partial charge in [0.2, 0.25) is 0 Å². The smallest absolute Gasteiger partial charge is 0.133 e. The molecule has 0 N–H and O–H groups in total. The molecule has 3 aromatic heterocycles. The molecule has 0 spiro atoms. The largest absolute Gasteiger partial charge is 0.258 e. The first-order valence-corrected chi connectivity index (χ1v) is 12.8. The van der Waals surface area contributed by atoms with Crippen LogP contribution in [-0.4, -0.2) is 24.9 Å². The molecule has 5 nitrogen and oxygen atoms in total. The monoisotopic (exact) mass is 507 g/mol. The summed E-state index contributed by atoms with van der Waals surface area (Å²) < 4.78 is 0. The first kappa shape index (κ1) is 34.3. The number of rotatable bonds is 0. The Hall–Kier alpha value is -2.69. The number of nitrogens with zero attached hydrogens (tertiary/aromatic N) is 5. The standard InChI is InChI=1S/C12H19N.C10H16N2.C9H14N2.CH4/c1-8-7-11(12(4,5)6)13-10(3)9(8)2;1-7-6-11-9(10(3,4)5)12-8(7)2;1-7-5-11-8(6-10-7)9(2,3)4;/h7H,1-6H3;6H,1-5H3;5-6H,1-4H3;1H4. The Kier molecular flexibility index (Phi) is 12.2. The lowest BCUT2D eigenvalue weighted by Gasteiger charge is -2.20. The fourth-order valence-corrected chi connectivity index (χ4v) is 2.95. The minimum atomic E-state index is 0. The van der Waals surface area contributed by atoms with Gasteiger partial charge in [-0.3, -0.25) is 15.0 Å². The van der Waals surface area contributed by atoms with Gasteiger partial charge in [-0.1, -0.05) is 69.7 Å². The molecule has 0 fully saturated rings. The van der Waals surface area contributed by atoms with Crippen molar-refractivity contribution in [2.45, 2.75) is 128 Å². The van der Waals surface area contributed by atoms with Crippen molar-refractivity contribution in [3.8, 4) is 0 Å². The first-order valence-electron chi connectivity index (χ1n) is 12.8. The highest BCUT2D eigenvalue weighted by atomic mass is 14.9. The Balaban J connectivity index is 0.000000520. The molecular weight excluding hydrogens is 454 g/mol. The molecule has 3 aromatic rings.